The predicted molar refractivity (Wildman–Crippen MR) is 37.1 cm³/mol. The second-order valence-corrected chi connectivity index (χ2v) is 1.95. The van der Waals surface area contributed by atoms with E-state index in [0.717, 1.165) is 6.29 Å². The fraction of sp³-hybridized carbons (Fsp3) is 0.750. The summed E-state index contributed by atoms with van der Waals surface area (Å²) in [5, 5.41) is 0. The molecule has 0 radical (unpaired) electrons. The highest BCUT2D eigenvalue weighted by Crippen LogP contribution is 1.92. The molecule has 54 valence electrons. The number of halogens is 2. The lowest BCUT2D eigenvalue weighted by Crippen LogP contribution is -2.31. The van der Waals surface area contributed by atoms with Crippen LogP contribution >= 0.6 is 23.6 Å². The summed E-state index contributed by atoms with van der Waals surface area (Å²) < 4.78 is 0. The maximum Gasteiger partial charge on any atom is 0.120 e. The van der Waals surface area contributed by atoms with Gasteiger partial charge in [0.2, 0.25) is 0 Å². The Kier molecular flexibility index (Phi) is 6.41. The number of aldehydes is 1. The highest BCUT2D eigenvalue weighted by atomic mass is 35.5. The van der Waals surface area contributed by atoms with E-state index in [2.05, 4.69) is 9.67 Å². The van der Waals surface area contributed by atoms with Crippen LogP contribution in [-0.2, 0) is 4.79 Å². The molecule has 2 N–H and O–H groups in total. The predicted octanol–water partition coefficient (Wildman–Crippen LogP) is 0.778. The zero-order valence-electron chi connectivity index (χ0n) is 4.73. The number of carbonyl (C=O) groups is 1. The molecule has 9 heavy (non-hydrogen) atoms. The van der Waals surface area contributed by atoms with Crippen molar-refractivity contribution in [3.05, 3.63) is 0 Å². The fourth-order valence-corrected chi connectivity index (χ4v) is 0.748. The van der Waals surface area contributed by atoms with E-state index in [9.17, 15) is 4.79 Å². The molecule has 0 fully saturated rings. The van der Waals surface area contributed by atoms with Crippen molar-refractivity contribution in [2.45, 2.75) is 19.0 Å². The maximum absolute atomic E-state index is 9.80. The van der Waals surface area contributed by atoms with E-state index >= 15 is 0 Å². The molecule has 0 saturated heterocycles. The first-order valence-corrected chi connectivity index (χ1v) is 3.26. The molecule has 3 nitrogen and oxygen atoms in total. The maximum atomic E-state index is 9.80. The minimum atomic E-state index is -0.196. The zero-order valence-corrected chi connectivity index (χ0v) is 6.24. The first-order valence-electron chi connectivity index (χ1n) is 2.51. The molecule has 0 rings (SSSR count). The van der Waals surface area contributed by atoms with Gasteiger partial charge in [0.25, 0.3) is 0 Å². The number of hydrogen-bond acceptors (Lipinski definition) is 3. The molecule has 0 spiro atoms. The van der Waals surface area contributed by atoms with Gasteiger partial charge >= 0.3 is 0 Å². The summed E-state index contributed by atoms with van der Waals surface area (Å²) in [7, 11) is 0. The van der Waals surface area contributed by atoms with Crippen molar-refractivity contribution in [3.8, 4) is 0 Å². The van der Waals surface area contributed by atoms with Gasteiger partial charge < -0.3 is 4.79 Å². The summed E-state index contributed by atoms with van der Waals surface area (Å²) in [6, 6.07) is 0. The Morgan fingerprint density at radius 3 is 2.33 bits per heavy atom. The lowest BCUT2D eigenvalue weighted by molar-refractivity contribution is -0.108. The van der Waals surface area contributed by atoms with Crippen molar-refractivity contribution in [1.82, 2.24) is 9.67 Å². The monoisotopic (exact) mass is 170 g/mol. The molecule has 0 aliphatic heterocycles. The summed E-state index contributed by atoms with van der Waals surface area (Å²) in [4.78, 5) is 14.5. The molecular weight excluding hydrogens is 163 g/mol. The normalized spacial score (nSPS) is 10.1. The summed E-state index contributed by atoms with van der Waals surface area (Å²) in [6.07, 6.45) is 1.66. The van der Waals surface area contributed by atoms with Crippen LogP contribution in [0.3, 0.4) is 0 Å². The Labute approximate surface area is 63.9 Å². The van der Waals surface area contributed by atoms with Crippen molar-refractivity contribution in [2.24, 2.45) is 0 Å². The highest BCUT2D eigenvalue weighted by molar-refractivity contribution is 6.15. The second kappa shape index (κ2) is 6.29. The molecule has 0 bridgehead atoms. The Morgan fingerprint density at radius 2 is 2.00 bits per heavy atom. The molecule has 0 aromatic heterocycles. The van der Waals surface area contributed by atoms with Crippen molar-refractivity contribution in [2.75, 3.05) is 0 Å². The third-order valence-corrected chi connectivity index (χ3v) is 1.36. The van der Waals surface area contributed by atoms with Gasteiger partial charge in [-0.05, 0) is 30.0 Å². The summed E-state index contributed by atoms with van der Waals surface area (Å²) in [5.41, 5.74) is 0. The summed E-state index contributed by atoms with van der Waals surface area (Å²) in [6.45, 7) is 0. The number of nitrogens with one attached hydrogen (secondary N) is 2. The van der Waals surface area contributed by atoms with Gasteiger partial charge in [-0.1, -0.05) is 0 Å². The van der Waals surface area contributed by atoms with Gasteiger partial charge in [0.15, 0.2) is 0 Å². The van der Waals surface area contributed by atoms with E-state index in [1.165, 1.54) is 0 Å². The zero-order chi connectivity index (χ0) is 7.11. The lowest BCUT2D eigenvalue weighted by Gasteiger charge is -2.07. The Bertz CT molecular complexity index is 77.0. The van der Waals surface area contributed by atoms with Crippen LogP contribution in [0.5, 0.6) is 0 Å². The Hall–Kier alpha value is 0.170. The quantitative estimate of drug-likeness (QED) is 0.364. The first-order chi connectivity index (χ1) is 4.35. The lowest BCUT2D eigenvalue weighted by atomic mass is 10.3. The number of hydrogen-bond donors (Lipinski definition) is 2. The van der Waals surface area contributed by atoms with Crippen LogP contribution < -0.4 is 9.67 Å². The van der Waals surface area contributed by atoms with Gasteiger partial charge in [0.1, 0.15) is 6.29 Å². The standard InChI is InChI=1S/C4H8Cl2N2O/c5-7-4(8-6)2-1-3-9/h3-4,7-8H,1-2H2. The average molecular weight is 171 g/mol. The van der Waals surface area contributed by atoms with E-state index in [-0.39, 0.29) is 6.17 Å². The van der Waals surface area contributed by atoms with Crippen molar-refractivity contribution in [3.63, 3.8) is 0 Å². The van der Waals surface area contributed by atoms with Gasteiger partial charge in [-0.2, -0.15) is 0 Å². The molecular formula is C4H8Cl2N2O. The third-order valence-electron chi connectivity index (χ3n) is 0.837. The van der Waals surface area contributed by atoms with E-state index in [4.69, 9.17) is 23.6 Å². The molecule has 0 aliphatic carbocycles. The van der Waals surface area contributed by atoms with E-state index in [1.54, 1.807) is 0 Å². The van der Waals surface area contributed by atoms with E-state index in [1.807, 2.05) is 0 Å². The van der Waals surface area contributed by atoms with Gasteiger partial charge in [0, 0.05) is 6.42 Å². The summed E-state index contributed by atoms with van der Waals surface area (Å²) in [5.74, 6) is 0. The van der Waals surface area contributed by atoms with E-state index < -0.39 is 0 Å². The van der Waals surface area contributed by atoms with Crippen molar-refractivity contribution in [1.29, 1.82) is 0 Å². The van der Waals surface area contributed by atoms with Crippen molar-refractivity contribution < 1.29 is 4.79 Å². The van der Waals surface area contributed by atoms with Gasteiger partial charge in [0.05, 0.1) is 6.17 Å². The second-order valence-electron chi connectivity index (χ2n) is 1.51. The number of carbonyl (C=O) groups excluding carboxylic acids is 1. The van der Waals surface area contributed by atoms with Crippen LogP contribution in [0.2, 0.25) is 0 Å². The molecule has 0 aliphatic rings. The minimum Gasteiger partial charge on any atom is -0.303 e. The van der Waals surface area contributed by atoms with Crippen LogP contribution in [0.15, 0.2) is 0 Å². The van der Waals surface area contributed by atoms with Crippen LogP contribution in [0, 0.1) is 0 Å². The molecule has 0 aromatic carbocycles. The average Bonchev–Trinajstić information content (AvgIpc) is 1.91. The minimum absolute atomic E-state index is 0.196. The van der Waals surface area contributed by atoms with Gasteiger partial charge in [-0.3, -0.25) is 0 Å². The molecule has 0 aromatic rings. The van der Waals surface area contributed by atoms with E-state index in [0.29, 0.717) is 12.8 Å². The SMILES string of the molecule is O=CCCC(NCl)NCl. The first kappa shape index (κ1) is 9.17. The Balaban J connectivity index is 3.19. The summed E-state index contributed by atoms with van der Waals surface area (Å²) >= 11 is 10.4. The molecule has 0 heterocycles. The molecule has 0 atom stereocenters. The molecule has 5 heteroatoms. The number of rotatable bonds is 5. The third kappa shape index (κ3) is 4.66. The molecule has 0 saturated carbocycles. The molecule has 0 unspecified atom stereocenters. The largest absolute Gasteiger partial charge is 0.303 e. The fourth-order valence-electron chi connectivity index (χ4n) is 0.364. The van der Waals surface area contributed by atoms with Gasteiger partial charge in [-0.15, -0.1) is 0 Å². The molecule has 0 amide bonds. The smallest absolute Gasteiger partial charge is 0.120 e. The van der Waals surface area contributed by atoms with Crippen molar-refractivity contribution >= 4 is 29.8 Å². The van der Waals surface area contributed by atoms with Crippen LogP contribution in [-0.4, -0.2) is 12.5 Å². The topological polar surface area (TPSA) is 41.1 Å². The van der Waals surface area contributed by atoms with Crippen LogP contribution in [0.4, 0.5) is 0 Å². The highest BCUT2D eigenvalue weighted by Gasteiger charge is 2.01. The van der Waals surface area contributed by atoms with Gasteiger partial charge in [-0.25, -0.2) is 9.67 Å². The van der Waals surface area contributed by atoms with Crippen LogP contribution in [0.25, 0.3) is 0 Å². The Morgan fingerprint density at radius 1 is 1.44 bits per heavy atom. The van der Waals surface area contributed by atoms with Crippen LogP contribution in [0.1, 0.15) is 12.8 Å².